The molecule has 0 radical (unpaired) electrons. The number of aromatic nitrogens is 2. The minimum atomic E-state index is -4.23. The Kier molecular flexibility index (Phi) is 6.54. The van der Waals surface area contributed by atoms with Crippen LogP contribution < -0.4 is 5.56 Å². The number of carbonyl (C=O) groups is 2. The van der Waals surface area contributed by atoms with Crippen LogP contribution in [0.15, 0.2) is 70.7 Å². The van der Waals surface area contributed by atoms with Gasteiger partial charge in [0.1, 0.15) is 12.1 Å². The Morgan fingerprint density at radius 1 is 1.03 bits per heavy atom. The molecule has 38 heavy (non-hydrogen) atoms. The van der Waals surface area contributed by atoms with E-state index >= 15 is 0 Å². The zero-order valence-electron chi connectivity index (χ0n) is 19.3. The maximum Gasteiger partial charge on any atom is 0.337 e. The number of carboxylic acid groups (broad SMARTS) is 1. The van der Waals surface area contributed by atoms with Crippen LogP contribution in [-0.4, -0.2) is 43.6 Å². The second kappa shape index (κ2) is 9.70. The molecular formula is C26H18Cl2F2N4O4. The number of carbonyl (C=O) groups excluding carboxylic acids is 1. The summed E-state index contributed by atoms with van der Waals surface area (Å²) in [4.78, 5) is 43.0. The number of hydrogen-bond donors (Lipinski definition) is 3. The molecule has 0 aliphatic carbocycles. The molecule has 1 aliphatic heterocycles. The SMILES string of the molecule is O=C(O)CC(F)(F)C(=O)N1N=C(c2c(-c3ccc(Cl)cc3)c3cc[nH]c3[nH]c2=O)C[C@H]1c1ccc(Cl)cc1. The first-order chi connectivity index (χ1) is 18.0. The van der Waals surface area contributed by atoms with Crippen LogP contribution in [0.2, 0.25) is 10.0 Å². The topological polar surface area (TPSA) is 119 Å². The summed E-state index contributed by atoms with van der Waals surface area (Å²) < 4.78 is 29.4. The van der Waals surface area contributed by atoms with Gasteiger partial charge >= 0.3 is 17.8 Å². The third-order valence-electron chi connectivity index (χ3n) is 6.21. The second-order valence-corrected chi connectivity index (χ2v) is 9.59. The van der Waals surface area contributed by atoms with Crippen LogP contribution in [0.1, 0.15) is 30.0 Å². The van der Waals surface area contributed by atoms with E-state index in [0.717, 1.165) is 0 Å². The van der Waals surface area contributed by atoms with Gasteiger partial charge < -0.3 is 15.1 Å². The number of aliphatic carboxylic acids is 1. The molecule has 0 saturated carbocycles. The predicted octanol–water partition coefficient (Wildman–Crippen LogP) is 5.62. The average molecular weight is 559 g/mol. The fourth-order valence-corrected chi connectivity index (χ4v) is 4.78. The minimum Gasteiger partial charge on any atom is -0.481 e. The molecule has 12 heteroatoms. The number of amides is 1. The Morgan fingerprint density at radius 3 is 2.29 bits per heavy atom. The lowest BCUT2D eigenvalue weighted by atomic mass is 9.92. The number of nitrogens with one attached hydrogen (secondary N) is 2. The van der Waals surface area contributed by atoms with Gasteiger partial charge in [-0.05, 0) is 41.5 Å². The summed E-state index contributed by atoms with van der Waals surface area (Å²) in [6, 6.07) is 13.6. The number of alkyl halides is 2. The van der Waals surface area contributed by atoms with Crippen molar-refractivity contribution in [2.75, 3.05) is 0 Å². The Hall–Kier alpha value is -4.02. The van der Waals surface area contributed by atoms with Crippen LogP contribution in [0.25, 0.3) is 22.2 Å². The van der Waals surface area contributed by atoms with Gasteiger partial charge in [-0.3, -0.25) is 14.4 Å². The van der Waals surface area contributed by atoms with Gasteiger partial charge in [0.25, 0.3) is 5.56 Å². The molecule has 2 aromatic carbocycles. The normalized spacial score (nSPS) is 15.6. The molecule has 0 saturated heterocycles. The second-order valence-electron chi connectivity index (χ2n) is 8.72. The lowest BCUT2D eigenvalue weighted by molar-refractivity contribution is -0.167. The number of H-pyrrole nitrogens is 2. The smallest absolute Gasteiger partial charge is 0.337 e. The Balaban J connectivity index is 1.70. The molecule has 3 heterocycles. The Bertz CT molecular complexity index is 1650. The minimum absolute atomic E-state index is 0.0822. The molecule has 3 N–H and O–H groups in total. The number of rotatable bonds is 6. The molecule has 0 fully saturated rings. The number of nitrogens with zero attached hydrogens (tertiary/aromatic N) is 2. The predicted molar refractivity (Wildman–Crippen MR) is 139 cm³/mol. The van der Waals surface area contributed by atoms with Crippen molar-refractivity contribution in [3.05, 3.63) is 92.3 Å². The lowest BCUT2D eigenvalue weighted by Gasteiger charge is -2.25. The summed E-state index contributed by atoms with van der Waals surface area (Å²) in [6.07, 6.45) is -0.151. The largest absolute Gasteiger partial charge is 0.481 e. The average Bonchev–Trinajstić information content (AvgIpc) is 3.50. The zero-order chi connectivity index (χ0) is 27.2. The van der Waals surface area contributed by atoms with E-state index in [1.165, 1.54) is 12.1 Å². The quantitative estimate of drug-likeness (QED) is 0.284. The molecule has 2 aromatic heterocycles. The third kappa shape index (κ3) is 4.68. The van der Waals surface area contributed by atoms with Crippen molar-refractivity contribution >= 4 is 51.8 Å². The molecule has 1 aliphatic rings. The number of aromatic amines is 2. The van der Waals surface area contributed by atoms with E-state index in [9.17, 15) is 23.2 Å². The van der Waals surface area contributed by atoms with Crippen LogP contribution in [0.3, 0.4) is 0 Å². The molecule has 5 rings (SSSR count). The summed E-state index contributed by atoms with van der Waals surface area (Å²) >= 11 is 12.0. The van der Waals surface area contributed by atoms with Crippen molar-refractivity contribution in [1.82, 2.24) is 15.0 Å². The van der Waals surface area contributed by atoms with E-state index in [-0.39, 0.29) is 17.7 Å². The standard InChI is InChI=1S/C26H18Cl2F2N4O4/c27-15-5-1-13(2-6-15)19-11-18(33-34(19)25(38)26(29,30)12-20(35)36)22-21(14-3-7-16(28)8-4-14)17-9-10-31-23(17)32-24(22)37/h1-10,19H,11-12H2,(H,35,36)(H2,31,32,37)/t19-/m0/s1. The highest BCUT2D eigenvalue weighted by molar-refractivity contribution is 6.31. The first-order valence-electron chi connectivity index (χ1n) is 11.3. The number of halogens is 4. The van der Waals surface area contributed by atoms with Gasteiger partial charge in [-0.2, -0.15) is 13.9 Å². The maximum atomic E-state index is 14.7. The molecular weight excluding hydrogens is 541 g/mol. The van der Waals surface area contributed by atoms with Gasteiger partial charge in [-0.1, -0.05) is 47.5 Å². The van der Waals surface area contributed by atoms with Crippen molar-refractivity contribution in [3.8, 4) is 11.1 Å². The molecule has 0 unspecified atom stereocenters. The highest BCUT2D eigenvalue weighted by Gasteiger charge is 2.49. The number of fused-ring (bicyclic) bond motifs is 1. The number of hydrogen-bond acceptors (Lipinski definition) is 4. The summed E-state index contributed by atoms with van der Waals surface area (Å²) in [5.41, 5.74) is 1.59. The monoisotopic (exact) mass is 558 g/mol. The molecule has 1 amide bonds. The highest BCUT2D eigenvalue weighted by Crippen LogP contribution is 2.39. The summed E-state index contributed by atoms with van der Waals surface area (Å²) in [7, 11) is 0. The van der Waals surface area contributed by atoms with Crippen LogP contribution in [0.4, 0.5) is 8.78 Å². The van der Waals surface area contributed by atoms with E-state index in [1.807, 2.05) is 0 Å². The van der Waals surface area contributed by atoms with E-state index in [1.54, 1.807) is 48.7 Å². The third-order valence-corrected chi connectivity index (χ3v) is 6.72. The first kappa shape index (κ1) is 25.6. The van der Waals surface area contributed by atoms with Gasteiger partial charge in [0.2, 0.25) is 0 Å². The van der Waals surface area contributed by atoms with Crippen molar-refractivity contribution in [2.45, 2.75) is 24.8 Å². The van der Waals surface area contributed by atoms with E-state index in [0.29, 0.717) is 42.8 Å². The Labute approximate surface area is 223 Å². The van der Waals surface area contributed by atoms with Gasteiger partial charge in [-0.25, -0.2) is 5.01 Å². The molecule has 4 aromatic rings. The van der Waals surface area contributed by atoms with Crippen LogP contribution in [-0.2, 0) is 9.59 Å². The lowest BCUT2D eigenvalue weighted by Crippen LogP contribution is -2.42. The summed E-state index contributed by atoms with van der Waals surface area (Å²) in [5.74, 6) is -7.86. The summed E-state index contributed by atoms with van der Waals surface area (Å²) in [6.45, 7) is 0. The highest BCUT2D eigenvalue weighted by atomic mass is 35.5. The van der Waals surface area contributed by atoms with Crippen LogP contribution in [0, 0.1) is 0 Å². The van der Waals surface area contributed by atoms with Crippen molar-refractivity contribution in [1.29, 1.82) is 0 Å². The number of pyridine rings is 1. The summed E-state index contributed by atoms with van der Waals surface area (Å²) in [5, 5.41) is 15.2. The first-order valence-corrected chi connectivity index (χ1v) is 12.1. The van der Waals surface area contributed by atoms with Crippen molar-refractivity contribution < 1.29 is 23.5 Å². The fraction of sp³-hybridized carbons (Fsp3) is 0.154. The van der Waals surface area contributed by atoms with Crippen LogP contribution >= 0.6 is 23.2 Å². The molecule has 8 nitrogen and oxygen atoms in total. The number of hydrazone groups is 1. The van der Waals surface area contributed by atoms with Gasteiger partial charge in [0, 0.05) is 33.6 Å². The number of carboxylic acids is 1. The zero-order valence-corrected chi connectivity index (χ0v) is 20.9. The van der Waals surface area contributed by atoms with E-state index in [2.05, 4.69) is 15.1 Å². The molecule has 1 atom stereocenters. The van der Waals surface area contributed by atoms with Crippen LogP contribution in [0.5, 0.6) is 0 Å². The maximum absolute atomic E-state index is 14.7. The van der Waals surface area contributed by atoms with Gasteiger partial charge in [0.15, 0.2) is 0 Å². The van der Waals surface area contributed by atoms with Gasteiger partial charge in [-0.15, -0.1) is 0 Å². The molecule has 0 spiro atoms. The molecule has 194 valence electrons. The van der Waals surface area contributed by atoms with Crippen molar-refractivity contribution in [2.24, 2.45) is 5.10 Å². The number of benzene rings is 2. The van der Waals surface area contributed by atoms with Crippen molar-refractivity contribution in [3.63, 3.8) is 0 Å². The van der Waals surface area contributed by atoms with Gasteiger partial charge in [0.05, 0.1) is 17.3 Å². The van der Waals surface area contributed by atoms with E-state index < -0.39 is 35.8 Å². The fourth-order valence-electron chi connectivity index (χ4n) is 4.52. The molecule has 0 bridgehead atoms. The van der Waals surface area contributed by atoms with E-state index in [4.69, 9.17) is 28.3 Å². The Morgan fingerprint density at radius 2 is 1.66 bits per heavy atom.